The number of nitrogens with zero attached hydrogens (tertiary/aromatic N) is 2. The topological polar surface area (TPSA) is 89.3 Å². The number of hydrogen-bond acceptors (Lipinski definition) is 6. The number of benzene rings is 1. The van der Waals surface area contributed by atoms with Gasteiger partial charge in [0.2, 0.25) is 10.0 Å². The molecule has 1 aromatic carbocycles. The van der Waals surface area contributed by atoms with Gasteiger partial charge in [0.25, 0.3) is 5.91 Å². The zero-order chi connectivity index (χ0) is 20.6. The molecule has 0 bridgehead atoms. The van der Waals surface area contributed by atoms with Crippen molar-refractivity contribution in [3.05, 3.63) is 41.9 Å². The molecular weight excluding hydrogens is 396 g/mol. The summed E-state index contributed by atoms with van der Waals surface area (Å²) < 4.78 is 44.1. The number of fused-ring (bicyclic) bond motifs is 1. The monoisotopic (exact) mass is 420 g/mol. The van der Waals surface area contributed by atoms with Gasteiger partial charge in [-0.3, -0.25) is 4.79 Å². The molecule has 1 atom stereocenters. The SMILES string of the molecule is Cc1oc(C(=O)N(C)CC2COc3ccccc3O2)cc1S(=O)(=O)N1CCCC1. The number of furan rings is 1. The average molecular weight is 420 g/mol. The molecule has 9 heteroatoms. The van der Waals surface area contributed by atoms with E-state index >= 15 is 0 Å². The van der Waals surface area contributed by atoms with Crippen molar-refractivity contribution >= 4 is 15.9 Å². The standard InChI is InChI=1S/C20H24N2O6S/c1-14-19(29(24,25)22-9-5-6-10-22)11-18(27-14)20(23)21(2)12-15-13-26-16-7-3-4-8-17(16)28-15/h3-4,7-8,11,15H,5-6,9-10,12-13H2,1-2H3. The van der Waals surface area contributed by atoms with Gasteiger partial charge in [-0.05, 0) is 31.9 Å². The van der Waals surface area contributed by atoms with E-state index in [1.54, 1.807) is 14.0 Å². The Balaban J connectivity index is 1.46. The number of aryl methyl sites for hydroxylation is 1. The summed E-state index contributed by atoms with van der Waals surface area (Å²) in [5.41, 5.74) is 0. The highest BCUT2D eigenvalue weighted by Gasteiger charge is 2.33. The third kappa shape index (κ3) is 3.84. The summed E-state index contributed by atoms with van der Waals surface area (Å²) >= 11 is 0. The van der Waals surface area contributed by atoms with E-state index in [2.05, 4.69) is 0 Å². The molecule has 2 aliphatic rings. The summed E-state index contributed by atoms with van der Waals surface area (Å²) in [5.74, 6) is 1.13. The molecule has 0 radical (unpaired) electrons. The van der Waals surface area contributed by atoms with Crippen LogP contribution >= 0.6 is 0 Å². The normalized spacial score (nSPS) is 19.3. The van der Waals surface area contributed by atoms with Gasteiger partial charge in [-0.25, -0.2) is 8.42 Å². The molecule has 0 N–H and O–H groups in total. The molecule has 1 saturated heterocycles. The van der Waals surface area contributed by atoms with Gasteiger partial charge in [0.1, 0.15) is 17.3 Å². The minimum Gasteiger partial charge on any atom is -0.486 e. The summed E-state index contributed by atoms with van der Waals surface area (Å²) in [6.07, 6.45) is 1.36. The molecular formula is C20H24N2O6S. The van der Waals surface area contributed by atoms with E-state index in [1.165, 1.54) is 15.3 Å². The molecule has 0 saturated carbocycles. The van der Waals surface area contributed by atoms with Crippen molar-refractivity contribution in [2.24, 2.45) is 0 Å². The van der Waals surface area contributed by atoms with Crippen LogP contribution in [0.4, 0.5) is 0 Å². The lowest BCUT2D eigenvalue weighted by Gasteiger charge is -2.29. The molecule has 8 nitrogen and oxygen atoms in total. The molecule has 1 unspecified atom stereocenters. The second kappa shape index (κ2) is 7.72. The Morgan fingerprint density at radius 1 is 1.21 bits per heavy atom. The Kier molecular flexibility index (Phi) is 5.26. The smallest absolute Gasteiger partial charge is 0.289 e. The highest BCUT2D eigenvalue weighted by Crippen LogP contribution is 2.31. The second-order valence-electron chi connectivity index (χ2n) is 7.33. The molecule has 0 spiro atoms. The third-order valence-electron chi connectivity index (χ3n) is 5.16. The van der Waals surface area contributed by atoms with Gasteiger partial charge in [-0.15, -0.1) is 0 Å². The zero-order valence-corrected chi connectivity index (χ0v) is 17.3. The molecule has 4 rings (SSSR count). The molecule has 29 heavy (non-hydrogen) atoms. The van der Waals surface area contributed by atoms with Crippen LogP contribution in [0.15, 0.2) is 39.6 Å². The van der Waals surface area contributed by atoms with Crippen LogP contribution in [-0.4, -0.2) is 62.9 Å². The molecule has 1 fully saturated rings. The number of carbonyl (C=O) groups is 1. The Labute approximate surface area is 170 Å². The quantitative estimate of drug-likeness (QED) is 0.737. The van der Waals surface area contributed by atoms with Crippen molar-refractivity contribution in [2.45, 2.75) is 30.8 Å². The maximum absolute atomic E-state index is 12.8. The van der Waals surface area contributed by atoms with Gasteiger partial charge in [0.15, 0.2) is 23.4 Å². The van der Waals surface area contributed by atoms with Crippen LogP contribution in [0.25, 0.3) is 0 Å². The molecule has 0 aliphatic carbocycles. The van der Waals surface area contributed by atoms with Crippen LogP contribution in [0.2, 0.25) is 0 Å². The highest BCUT2D eigenvalue weighted by atomic mass is 32.2. The first kappa shape index (κ1) is 19.8. The fourth-order valence-electron chi connectivity index (χ4n) is 3.62. The highest BCUT2D eigenvalue weighted by molar-refractivity contribution is 7.89. The lowest BCUT2D eigenvalue weighted by molar-refractivity contribution is 0.0501. The van der Waals surface area contributed by atoms with Gasteiger partial charge in [-0.2, -0.15) is 4.31 Å². The molecule has 1 aromatic heterocycles. The fourth-order valence-corrected chi connectivity index (χ4v) is 5.30. The van der Waals surface area contributed by atoms with Crippen LogP contribution in [0, 0.1) is 6.92 Å². The van der Waals surface area contributed by atoms with Crippen molar-refractivity contribution < 1.29 is 27.1 Å². The first-order chi connectivity index (χ1) is 13.9. The van der Waals surface area contributed by atoms with Crippen LogP contribution in [0.5, 0.6) is 11.5 Å². The summed E-state index contributed by atoms with van der Waals surface area (Å²) in [7, 11) is -2.02. The summed E-state index contributed by atoms with van der Waals surface area (Å²) in [5, 5.41) is 0. The largest absolute Gasteiger partial charge is 0.486 e. The van der Waals surface area contributed by atoms with Crippen molar-refractivity contribution in [1.29, 1.82) is 0 Å². The molecule has 1 amide bonds. The lowest BCUT2D eigenvalue weighted by Crippen LogP contribution is -2.41. The number of likely N-dealkylation sites (N-methyl/N-ethyl adjacent to an activating group) is 1. The number of sulfonamides is 1. The molecule has 2 aromatic rings. The van der Waals surface area contributed by atoms with Crippen molar-refractivity contribution in [2.75, 3.05) is 33.3 Å². The number of para-hydroxylation sites is 2. The van der Waals surface area contributed by atoms with Crippen LogP contribution in [-0.2, 0) is 10.0 Å². The number of rotatable bonds is 5. The average Bonchev–Trinajstić information content (AvgIpc) is 3.38. The number of hydrogen-bond donors (Lipinski definition) is 0. The maximum atomic E-state index is 12.8. The Morgan fingerprint density at radius 2 is 1.90 bits per heavy atom. The van der Waals surface area contributed by atoms with Crippen molar-refractivity contribution in [3.63, 3.8) is 0 Å². The van der Waals surface area contributed by atoms with Gasteiger partial charge < -0.3 is 18.8 Å². The zero-order valence-electron chi connectivity index (χ0n) is 16.5. The Morgan fingerprint density at radius 3 is 2.62 bits per heavy atom. The van der Waals surface area contributed by atoms with Gasteiger partial charge in [0, 0.05) is 26.2 Å². The second-order valence-corrected chi connectivity index (χ2v) is 9.23. The van der Waals surface area contributed by atoms with Crippen LogP contribution in [0.3, 0.4) is 0 Å². The molecule has 156 valence electrons. The number of carbonyl (C=O) groups excluding carboxylic acids is 1. The molecule has 3 heterocycles. The Hall–Kier alpha value is -2.52. The molecule has 2 aliphatic heterocycles. The van der Waals surface area contributed by atoms with E-state index in [-0.39, 0.29) is 29.1 Å². The van der Waals surface area contributed by atoms with E-state index in [9.17, 15) is 13.2 Å². The lowest BCUT2D eigenvalue weighted by atomic mass is 10.2. The van der Waals surface area contributed by atoms with Crippen molar-refractivity contribution in [3.8, 4) is 11.5 Å². The van der Waals surface area contributed by atoms with Crippen LogP contribution in [0.1, 0.15) is 29.2 Å². The predicted molar refractivity (Wildman–Crippen MR) is 105 cm³/mol. The van der Waals surface area contributed by atoms with E-state index in [0.717, 1.165) is 12.8 Å². The van der Waals surface area contributed by atoms with E-state index in [4.69, 9.17) is 13.9 Å². The number of amides is 1. The van der Waals surface area contributed by atoms with Crippen molar-refractivity contribution in [1.82, 2.24) is 9.21 Å². The van der Waals surface area contributed by atoms with Crippen LogP contribution < -0.4 is 9.47 Å². The van der Waals surface area contributed by atoms with Gasteiger partial charge >= 0.3 is 0 Å². The van der Waals surface area contributed by atoms with Gasteiger partial charge in [-0.1, -0.05) is 12.1 Å². The summed E-state index contributed by atoms with van der Waals surface area (Å²) in [6, 6.07) is 8.69. The minimum absolute atomic E-state index is 0.0000927. The van der Waals surface area contributed by atoms with E-state index < -0.39 is 15.9 Å². The first-order valence-electron chi connectivity index (χ1n) is 9.61. The minimum atomic E-state index is -3.64. The maximum Gasteiger partial charge on any atom is 0.289 e. The summed E-state index contributed by atoms with van der Waals surface area (Å²) in [4.78, 5) is 14.3. The first-order valence-corrected chi connectivity index (χ1v) is 11.0. The number of ether oxygens (including phenoxy) is 2. The Bertz CT molecular complexity index is 1010. The fraction of sp³-hybridized carbons (Fsp3) is 0.450. The van der Waals surface area contributed by atoms with E-state index in [1.807, 2.05) is 24.3 Å². The predicted octanol–water partition coefficient (Wildman–Crippen LogP) is 2.28. The van der Waals surface area contributed by atoms with E-state index in [0.29, 0.717) is 31.2 Å². The summed E-state index contributed by atoms with van der Waals surface area (Å²) in [6.45, 7) is 3.16. The van der Waals surface area contributed by atoms with Gasteiger partial charge in [0.05, 0.1) is 6.54 Å². The third-order valence-corrected chi connectivity index (χ3v) is 7.16.